The molecule has 98 valence electrons. The molecular weight excluding hydrogens is 218 g/mol. The van der Waals surface area contributed by atoms with Gasteiger partial charge in [-0.3, -0.25) is 9.69 Å². The number of hydrogen-bond donors (Lipinski definition) is 1. The van der Waals surface area contributed by atoms with Crippen molar-refractivity contribution in [2.24, 2.45) is 0 Å². The molecule has 0 bridgehead atoms. The van der Waals surface area contributed by atoms with Crippen LogP contribution in [0.15, 0.2) is 0 Å². The number of amides is 1. The first-order chi connectivity index (χ1) is 8.16. The smallest absolute Gasteiger partial charge is 0.236 e. The molecule has 2 saturated heterocycles. The van der Waals surface area contributed by atoms with E-state index in [2.05, 4.69) is 24.1 Å². The molecule has 2 aliphatic heterocycles. The van der Waals surface area contributed by atoms with Gasteiger partial charge in [-0.05, 0) is 13.8 Å². The molecule has 2 aliphatic rings. The third-order valence-corrected chi connectivity index (χ3v) is 3.54. The van der Waals surface area contributed by atoms with Gasteiger partial charge in [-0.25, -0.2) is 0 Å². The Morgan fingerprint density at radius 3 is 2.76 bits per heavy atom. The van der Waals surface area contributed by atoms with Crippen molar-refractivity contribution >= 4 is 5.91 Å². The van der Waals surface area contributed by atoms with Crippen LogP contribution >= 0.6 is 0 Å². The quantitative estimate of drug-likeness (QED) is 0.710. The van der Waals surface area contributed by atoms with Gasteiger partial charge in [-0.15, -0.1) is 0 Å². The van der Waals surface area contributed by atoms with Crippen LogP contribution in [-0.2, 0) is 9.53 Å². The highest BCUT2D eigenvalue weighted by atomic mass is 16.5. The van der Waals surface area contributed by atoms with E-state index < -0.39 is 0 Å². The van der Waals surface area contributed by atoms with Crippen LogP contribution in [0.3, 0.4) is 0 Å². The maximum atomic E-state index is 12.1. The van der Waals surface area contributed by atoms with Crippen LogP contribution in [0, 0.1) is 0 Å². The molecule has 2 unspecified atom stereocenters. The van der Waals surface area contributed by atoms with Crippen LogP contribution in [0.4, 0.5) is 0 Å². The highest BCUT2D eigenvalue weighted by Gasteiger charge is 2.27. The van der Waals surface area contributed by atoms with Crippen molar-refractivity contribution in [3.05, 3.63) is 0 Å². The minimum atomic E-state index is 0.238. The number of nitrogens with one attached hydrogen (secondary N) is 1. The summed E-state index contributed by atoms with van der Waals surface area (Å²) in [7, 11) is 0. The molecule has 0 aromatic carbocycles. The van der Waals surface area contributed by atoms with E-state index in [0.717, 1.165) is 39.3 Å². The first-order valence-electron chi connectivity index (χ1n) is 6.51. The molecule has 1 N–H and O–H groups in total. The minimum Gasteiger partial charge on any atom is -0.376 e. The molecule has 5 nitrogen and oxygen atoms in total. The lowest BCUT2D eigenvalue weighted by molar-refractivity contribution is -0.136. The lowest BCUT2D eigenvalue weighted by atomic mass is 10.2. The standard InChI is InChI=1S/C12H23N3O2/c1-10-9-17-11(2)7-15(10)8-12(16)14-5-3-13-4-6-14/h10-11,13H,3-9H2,1-2H3. The van der Waals surface area contributed by atoms with Crippen molar-refractivity contribution in [3.63, 3.8) is 0 Å². The SMILES string of the molecule is CC1CN(CC(=O)N2CCNCC2)C(C)CO1. The number of carbonyl (C=O) groups is 1. The van der Waals surface area contributed by atoms with E-state index >= 15 is 0 Å². The van der Waals surface area contributed by atoms with Gasteiger partial charge in [0.15, 0.2) is 0 Å². The number of hydrogen-bond acceptors (Lipinski definition) is 4. The zero-order valence-corrected chi connectivity index (χ0v) is 10.8. The lowest BCUT2D eigenvalue weighted by Crippen LogP contribution is -2.54. The number of rotatable bonds is 2. The highest BCUT2D eigenvalue weighted by molar-refractivity contribution is 5.78. The van der Waals surface area contributed by atoms with Crippen LogP contribution in [0.25, 0.3) is 0 Å². The van der Waals surface area contributed by atoms with Crippen molar-refractivity contribution in [1.29, 1.82) is 0 Å². The third kappa shape index (κ3) is 3.40. The van der Waals surface area contributed by atoms with Gasteiger partial charge in [-0.1, -0.05) is 0 Å². The minimum absolute atomic E-state index is 0.238. The largest absolute Gasteiger partial charge is 0.376 e. The van der Waals surface area contributed by atoms with Gasteiger partial charge in [0.2, 0.25) is 5.91 Å². The van der Waals surface area contributed by atoms with Crippen LogP contribution in [-0.4, -0.2) is 73.7 Å². The van der Waals surface area contributed by atoms with E-state index in [1.807, 2.05) is 4.90 Å². The average molecular weight is 241 g/mol. The van der Waals surface area contributed by atoms with Gasteiger partial charge in [0.05, 0.1) is 19.3 Å². The van der Waals surface area contributed by atoms with Gasteiger partial charge in [0.1, 0.15) is 0 Å². The predicted molar refractivity (Wildman–Crippen MR) is 65.9 cm³/mol. The average Bonchev–Trinajstić information content (AvgIpc) is 2.35. The number of carbonyl (C=O) groups excluding carboxylic acids is 1. The summed E-state index contributed by atoms with van der Waals surface area (Å²) in [6.45, 7) is 9.83. The summed E-state index contributed by atoms with van der Waals surface area (Å²) in [5.74, 6) is 0.257. The summed E-state index contributed by atoms with van der Waals surface area (Å²) < 4.78 is 5.57. The van der Waals surface area contributed by atoms with E-state index in [-0.39, 0.29) is 12.0 Å². The first-order valence-corrected chi connectivity index (χ1v) is 6.51. The maximum absolute atomic E-state index is 12.1. The molecule has 0 saturated carbocycles. The second kappa shape index (κ2) is 5.80. The number of nitrogens with zero attached hydrogens (tertiary/aromatic N) is 2. The molecule has 0 radical (unpaired) electrons. The van der Waals surface area contributed by atoms with Gasteiger partial charge in [-0.2, -0.15) is 0 Å². The van der Waals surface area contributed by atoms with Gasteiger partial charge < -0.3 is 15.0 Å². The summed E-state index contributed by atoms with van der Waals surface area (Å²) in [6.07, 6.45) is 0.238. The molecule has 2 atom stereocenters. The lowest BCUT2D eigenvalue weighted by Gasteiger charge is -2.38. The Hall–Kier alpha value is -0.650. The molecule has 0 aromatic rings. The van der Waals surface area contributed by atoms with Gasteiger partial charge in [0.25, 0.3) is 0 Å². The molecule has 2 fully saturated rings. The normalized spacial score (nSPS) is 31.5. The fraction of sp³-hybridized carbons (Fsp3) is 0.917. The van der Waals surface area contributed by atoms with E-state index in [1.54, 1.807) is 0 Å². The molecule has 2 rings (SSSR count). The summed E-state index contributed by atoms with van der Waals surface area (Å²) >= 11 is 0. The summed E-state index contributed by atoms with van der Waals surface area (Å²) in [5.41, 5.74) is 0. The second-order valence-corrected chi connectivity index (χ2v) is 5.05. The fourth-order valence-electron chi connectivity index (χ4n) is 2.38. The molecule has 5 heteroatoms. The Balaban J connectivity index is 1.83. The molecule has 17 heavy (non-hydrogen) atoms. The summed E-state index contributed by atoms with van der Waals surface area (Å²) in [6, 6.07) is 0.345. The summed E-state index contributed by atoms with van der Waals surface area (Å²) in [4.78, 5) is 16.3. The third-order valence-electron chi connectivity index (χ3n) is 3.54. The van der Waals surface area contributed by atoms with Gasteiger partial charge in [0, 0.05) is 38.8 Å². The van der Waals surface area contributed by atoms with Crippen LogP contribution in [0.5, 0.6) is 0 Å². The van der Waals surface area contributed by atoms with Crippen molar-refractivity contribution in [2.75, 3.05) is 45.9 Å². The van der Waals surface area contributed by atoms with Crippen LogP contribution in [0.2, 0.25) is 0 Å². The van der Waals surface area contributed by atoms with E-state index in [1.165, 1.54) is 0 Å². The number of ether oxygens (including phenoxy) is 1. The van der Waals surface area contributed by atoms with Gasteiger partial charge >= 0.3 is 0 Å². The maximum Gasteiger partial charge on any atom is 0.236 e. The molecule has 1 amide bonds. The molecule has 0 spiro atoms. The van der Waals surface area contributed by atoms with Crippen LogP contribution in [0.1, 0.15) is 13.8 Å². The predicted octanol–water partition coefficient (Wildman–Crippen LogP) is -0.473. The topological polar surface area (TPSA) is 44.8 Å². The van der Waals surface area contributed by atoms with E-state index in [9.17, 15) is 4.79 Å². The molecular formula is C12H23N3O2. The molecule has 2 heterocycles. The second-order valence-electron chi connectivity index (χ2n) is 5.05. The number of morpholine rings is 1. The molecule has 0 aliphatic carbocycles. The molecule has 0 aromatic heterocycles. The summed E-state index contributed by atoms with van der Waals surface area (Å²) in [5, 5.41) is 3.26. The van der Waals surface area contributed by atoms with Crippen molar-refractivity contribution in [3.8, 4) is 0 Å². The Kier molecular flexibility index (Phi) is 4.36. The Labute approximate surface area is 103 Å². The van der Waals surface area contributed by atoms with E-state index in [0.29, 0.717) is 12.6 Å². The van der Waals surface area contributed by atoms with Crippen molar-refractivity contribution in [1.82, 2.24) is 15.1 Å². The first kappa shape index (κ1) is 12.8. The Bertz CT molecular complexity index is 266. The zero-order chi connectivity index (χ0) is 12.3. The van der Waals surface area contributed by atoms with Crippen molar-refractivity contribution < 1.29 is 9.53 Å². The monoisotopic (exact) mass is 241 g/mol. The van der Waals surface area contributed by atoms with Crippen LogP contribution < -0.4 is 5.32 Å². The highest BCUT2D eigenvalue weighted by Crippen LogP contribution is 2.11. The Morgan fingerprint density at radius 2 is 2.06 bits per heavy atom. The van der Waals surface area contributed by atoms with E-state index in [4.69, 9.17) is 4.74 Å². The van der Waals surface area contributed by atoms with Crippen molar-refractivity contribution in [2.45, 2.75) is 26.0 Å². The zero-order valence-electron chi connectivity index (χ0n) is 10.8. The number of piperazine rings is 1. The Morgan fingerprint density at radius 1 is 1.35 bits per heavy atom. The fourth-order valence-corrected chi connectivity index (χ4v) is 2.38.